The summed E-state index contributed by atoms with van der Waals surface area (Å²) in [4.78, 5) is 30.3. The van der Waals surface area contributed by atoms with Crippen LogP contribution in [0.3, 0.4) is 0 Å². The van der Waals surface area contributed by atoms with E-state index < -0.39 is 0 Å². The third kappa shape index (κ3) is 5.44. The van der Waals surface area contributed by atoms with Gasteiger partial charge in [-0.3, -0.25) is 0 Å². The number of hydrogen-bond donors (Lipinski definition) is 0. The molecule has 0 unspecified atom stereocenters. The molecular weight excluding hydrogens is 687 g/mol. The summed E-state index contributed by atoms with van der Waals surface area (Å²) in [6.45, 7) is 0.770. The van der Waals surface area contributed by atoms with Gasteiger partial charge in [0.05, 0.1) is 5.52 Å². The lowest BCUT2D eigenvalue weighted by Crippen LogP contribution is -2.07. The molecule has 7 nitrogen and oxygen atoms in total. The minimum Gasteiger partial charge on any atom is -0.335 e. The molecule has 4 heterocycles. The number of aromatic nitrogens is 7. The quantitative estimate of drug-likeness (QED) is 0.170. The largest absolute Gasteiger partial charge is 0.335 e. The molecule has 1 aliphatic rings. The molecule has 7 heteroatoms. The Kier molecular flexibility index (Phi) is 7.41. The molecule has 0 atom stereocenters. The Bertz CT molecular complexity index is 2970. The molecule has 262 valence electrons. The van der Waals surface area contributed by atoms with Crippen LogP contribution in [0.5, 0.6) is 0 Å². The zero-order chi connectivity index (χ0) is 37.0. The Morgan fingerprint density at radius 3 is 1.23 bits per heavy atom. The molecule has 1 aliphatic heterocycles. The molecule has 0 spiro atoms. The first-order chi connectivity index (χ1) is 27.7. The summed E-state index contributed by atoms with van der Waals surface area (Å²) < 4.78 is 2.44. The van der Waals surface area contributed by atoms with Crippen molar-refractivity contribution >= 4 is 21.8 Å². The maximum atomic E-state index is 5.13. The molecule has 0 fully saturated rings. The zero-order valence-electron chi connectivity index (χ0n) is 30.1. The molecule has 7 aromatic carbocycles. The Labute approximate surface area is 322 Å². The van der Waals surface area contributed by atoms with Gasteiger partial charge < -0.3 is 4.57 Å². The van der Waals surface area contributed by atoms with Gasteiger partial charge in [0, 0.05) is 61.8 Å². The lowest BCUT2D eigenvalue weighted by Gasteiger charge is -2.21. The van der Waals surface area contributed by atoms with E-state index in [-0.39, 0.29) is 0 Å². The van der Waals surface area contributed by atoms with E-state index in [0.717, 1.165) is 61.8 Å². The predicted molar refractivity (Wildman–Crippen MR) is 223 cm³/mol. The van der Waals surface area contributed by atoms with Gasteiger partial charge in [-0.05, 0) is 41.5 Å². The van der Waals surface area contributed by atoms with Crippen LogP contribution in [0.4, 0.5) is 0 Å². The van der Waals surface area contributed by atoms with Gasteiger partial charge in [-0.2, -0.15) is 0 Å². The second-order valence-corrected chi connectivity index (χ2v) is 14.0. The Hall–Kier alpha value is -7.64. The van der Waals surface area contributed by atoms with Crippen molar-refractivity contribution in [1.82, 2.24) is 34.5 Å². The molecule has 0 radical (unpaired) electrons. The smallest absolute Gasteiger partial charge is 0.164 e. The normalized spacial score (nSPS) is 11.9. The van der Waals surface area contributed by atoms with Gasteiger partial charge in [0.2, 0.25) is 0 Å². The lowest BCUT2D eigenvalue weighted by molar-refractivity contribution is 0.860. The van der Waals surface area contributed by atoms with Crippen molar-refractivity contribution in [2.24, 2.45) is 0 Å². The minimum atomic E-state index is 0.618. The van der Waals surface area contributed by atoms with Crippen LogP contribution in [0.2, 0.25) is 0 Å². The van der Waals surface area contributed by atoms with Crippen molar-refractivity contribution in [2.75, 3.05) is 0 Å². The number of rotatable bonds is 6. The third-order valence-electron chi connectivity index (χ3n) is 10.5. The Morgan fingerprint density at radius 2 is 0.732 bits per heavy atom. The predicted octanol–water partition coefficient (Wildman–Crippen LogP) is 11.2. The van der Waals surface area contributed by atoms with Crippen LogP contribution in [0.25, 0.3) is 101 Å². The molecule has 10 aromatic rings. The van der Waals surface area contributed by atoms with Gasteiger partial charge in [-0.25, -0.2) is 29.9 Å². The van der Waals surface area contributed by atoms with Gasteiger partial charge in [0.1, 0.15) is 0 Å². The first kappa shape index (κ1) is 31.8. The highest BCUT2D eigenvalue weighted by Gasteiger charge is 2.25. The summed E-state index contributed by atoms with van der Waals surface area (Å²) >= 11 is 0. The average Bonchev–Trinajstić information content (AvgIpc) is 3.60. The fourth-order valence-corrected chi connectivity index (χ4v) is 7.84. The third-order valence-corrected chi connectivity index (χ3v) is 10.5. The van der Waals surface area contributed by atoms with E-state index in [9.17, 15) is 0 Å². The molecule has 0 saturated carbocycles. The van der Waals surface area contributed by atoms with Crippen LogP contribution >= 0.6 is 0 Å². The SMILES string of the molecule is c1ccc(-c2nc(-c3ccccc3)nc(-c3ccc4c(c3)c3cc(-c5nc(-c6ccccc6)nc(-c6ccccc6)n5)cc5c3n4Cc3ccccc3-5)n2)cc1. The maximum Gasteiger partial charge on any atom is 0.164 e. The Morgan fingerprint density at radius 1 is 0.321 bits per heavy atom. The molecule has 56 heavy (non-hydrogen) atoms. The van der Waals surface area contributed by atoms with E-state index in [1.807, 2.05) is 121 Å². The minimum absolute atomic E-state index is 0.618. The second-order valence-electron chi connectivity index (χ2n) is 14.0. The monoisotopic (exact) mass is 717 g/mol. The number of benzene rings is 7. The molecule has 0 saturated heterocycles. The lowest BCUT2D eigenvalue weighted by atomic mass is 9.93. The molecule has 11 rings (SSSR count). The summed E-state index contributed by atoms with van der Waals surface area (Å²) in [5.41, 5.74) is 11.5. The maximum absolute atomic E-state index is 5.13. The first-order valence-electron chi connectivity index (χ1n) is 18.7. The van der Waals surface area contributed by atoms with Crippen molar-refractivity contribution in [3.05, 3.63) is 181 Å². The summed E-state index contributed by atoms with van der Waals surface area (Å²) in [6, 6.07) is 60.2. The van der Waals surface area contributed by atoms with Crippen molar-refractivity contribution in [2.45, 2.75) is 6.54 Å². The molecule has 0 bridgehead atoms. The first-order valence-corrected chi connectivity index (χ1v) is 18.7. The van der Waals surface area contributed by atoms with Crippen LogP contribution in [0, 0.1) is 0 Å². The highest BCUT2D eigenvalue weighted by Crippen LogP contribution is 2.44. The molecular formula is C49H31N7. The molecule has 0 amide bonds. The highest BCUT2D eigenvalue weighted by atomic mass is 15.0. The number of hydrogen-bond acceptors (Lipinski definition) is 6. The summed E-state index contributed by atoms with van der Waals surface area (Å²) in [5, 5.41) is 2.23. The fourth-order valence-electron chi connectivity index (χ4n) is 7.84. The molecule has 3 aromatic heterocycles. The average molecular weight is 718 g/mol. The van der Waals surface area contributed by atoms with Gasteiger partial charge in [0.15, 0.2) is 34.9 Å². The van der Waals surface area contributed by atoms with E-state index >= 15 is 0 Å². The number of nitrogens with zero attached hydrogens (tertiary/aromatic N) is 7. The van der Waals surface area contributed by atoms with Gasteiger partial charge in [-0.1, -0.05) is 146 Å². The molecule has 0 aliphatic carbocycles. The second kappa shape index (κ2) is 13.0. The standard InChI is InChI=1S/C49H31N7/c1-5-15-31(16-6-1)44-50-45(32-17-7-2-8-18-32)53-48(52-44)35-25-26-42-39(27-35)41-29-37(28-40-38-24-14-13-23-36(38)30-56(42)43(40)41)49-54-46(33-19-9-3-10-20-33)51-47(55-49)34-21-11-4-12-22-34/h1-29H,30H2. The van der Waals surface area contributed by atoms with Crippen LogP contribution in [-0.4, -0.2) is 34.5 Å². The van der Waals surface area contributed by atoms with E-state index in [2.05, 4.69) is 59.2 Å². The van der Waals surface area contributed by atoms with Gasteiger partial charge in [-0.15, -0.1) is 0 Å². The van der Waals surface area contributed by atoms with Crippen molar-refractivity contribution in [3.63, 3.8) is 0 Å². The van der Waals surface area contributed by atoms with Gasteiger partial charge in [0.25, 0.3) is 0 Å². The van der Waals surface area contributed by atoms with E-state index in [0.29, 0.717) is 34.9 Å². The number of fused-ring (bicyclic) bond motifs is 5. The summed E-state index contributed by atoms with van der Waals surface area (Å²) in [6.07, 6.45) is 0. The van der Waals surface area contributed by atoms with E-state index in [1.54, 1.807) is 0 Å². The summed E-state index contributed by atoms with van der Waals surface area (Å²) in [7, 11) is 0. The van der Waals surface area contributed by atoms with E-state index in [1.165, 1.54) is 16.6 Å². The van der Waals surface area contributed by atoms with E-state index in [4.69, 9.17) is 29.9 Å². The topological polar surface area (TPSA) is 82.3 Å². The highest BCUT2D eigenvalue weighted by molar-refractivity contribution is 6.15. The van der Waals surface area contributed by atoms with Crippen molar-refractivity contribution in [3.8, 4) is 79.5 Å². The summed E-state index contributed by atoms with van der Waals surface area (Å²) in [5.74, 6) is 3.76. The van der Waals surface area contributed by atoms with Crippen molar-refractivity contribution < 1.29 is 0 Å². The molecule has 0 N–H and O–H groups in total. The Balaban J connectivity index is 1.16. The van der Waals surface area contributed by atoms with Crippen LogP contribution in [0.1, 0.15) is 5.56 Å². The fraction of sp³-hybridized carbons (Fsp3) is 0.0204. The van der Waals surface area contributed by atoms with Crippen molar-refractivity contribution in [1.29, 1.82) is 0 Å². The van der Waals surface area contributed by atoms with Crippen LogP contribution in [-0.2, 0) is 6.54 Å². The van der Waals surface area contributed by atoms with Crippen LogP contribution in [0.15, 0.2) is 176 Å². The zero-order valence-corrected chi connectivity index (χ0v) is 30.1. The van der Waals surface area contributed by atoms with Gasteiger partial charge >= 0.3 is 0 Å². The van der Waals surface area contributed by atoms with Crippen LogP contribution < -0.4 is 0 Å².